The Labute approximate surface area is 81.5 Å². The number of rotatable bonds is 2. The zero-order chi connectivity index (χ0) is 9.15. The third-order valence-electron chi connectivity index (χ3n) is 3.53. The van der Waals surface area contributed by atoms with Crippen LogP contribution >= 0.6 is 0 Å². The molecule has 0 aromatic carbocycles. The molecule has 0 radical (unpaired) electrons. The van der Waals surface area contributed by atoms with E-state index in [9.17, 15) is 0 Å². The smallest absolute Gasteiger partial charge is 0.0292 e. The van der Waals surface area contributed by atoms with Gasteiger partial charge in [0.15, 0.2) is 0 Å². The van der Waals surface area contributed by atoms with Gasteiger partial charge >= 0.3 is 0 Å². The van der Waals surface area contributed by atoms with Gasteiger partial charge in [-0.15, -0.1) is 0 Å². The van der Waals surface area contributed by atoms with Crippen LogP contribution in [0.5, 0.6) is 0 Å². The van der Waals surface area contributed by atoms with E-state index in [0.717, 1.165) is 12.6 Å². The van der Waals surface area contributed by atoms with Gasteiger partial charge in [0.1, 0.15) is 0 Å². The molecule has 1 unspecified atom stereocenters. The number of hydrogen-bond acceptors (Lipinski definition) is 2. The van der Waals surface area contributed by atoms with E-state index in [4.69, 9.17) is 0 Å². The molecule has 2 aliphatic rings. The Hall–Kier alpha value is -0.0800. The molecule has 2 nitrogen and oxygen atoms in total. The van der Waals surface area contributed by atoms with Gasteiger partial charge in [-0.05, 0) is 32.7 Å². The quantitative estimate of drug-likeness (QED) is 0.678. The van der Waals surface area contributed by atoms with E-state index in [0.29, 0.717) is 5.54 Å². The molecule has 13 heavy (non-hydrogen) atoms. The van der Waals surface area contributed by atoms with E-state index in [2.05, 4.69) is 17.6 Å². The summed E-state index contributed by atoms with van der Waals surface area (Å²) in [7, 11) is 0. The Bertz CT molecular complexity index is 155. The van der Waals surface area contributed by atoms with E-state index in [1.54, 1.807) is 0 Å². The second-order valence-electron chi connectivity index (χ2n) is 4.97. The molecule has 1 aliphatic heterocycles. The summed E-state index contributed by atoms with van der Waals surface area (Å²) in [5.41, 5.74) is 0.391. The van der Waals surface area contributed by atoms with E-state index in [1.807, 2.05) is 0 Å². The van der Waals surface area contributed by atoms with Crippen molar-refractivity contribution in [1.29, 1.82) is 0 Å². The second-order valence-corrected chi connectivity index (χ2v) is 4.97. The summed E-state index contributed by atoms with van der Waals surface area (Å²) in [6.07, 6.45) is 8.41. The zero-order valence-electron chi connectivity index (χ0n) is 8.73. The SMILES string of the molecule is CC1(NC2CCCCC2)CCNC1. The van der Waals surface area contributed by atoms with Crippen molar-refractivity contribution in [1.82, 2.24) is 10.6 Å². The fourth-order valence-electron chi connectivity index (χ4n) is 2.68. The largest absolute Gasteiger partial charge is 0.315 e. The molecule has 2 fully saturated rings. The zero-order valence-corrected chi connectivity index (χ0v) is 8.73. The van der Waals surface area contributed by atoms with Crippen LogP contribution in [-0.2, 0) is 0 Å². The van der Waals surface area contributed by atoms with Gasteiger partial charge in [0.25, 0.3) is 0 Å². The van der Waals surface area contributed by atoms with E-state index >= 15 is 0 Å². The lowest BCUT2D eigenvalue weighted by Crippen LogP contribution is -2.50. The maximum Gasteiger partial charge on any atom is 0.0292 e. The van der Waals surface area contributed by atoms with E-state index in [1.165, 1.54) is 45.1 Å². The Balaban J connectivity index is 1.81. The highest BCUT2D eigenvalue weighted by Gasteiger charge is 2.30. The van der Waals surface area contributed by atoms with Crippen LogP contribution in [0.25, 0.3) is 0 Å². The number of nitrogens with one attached hydrogen (secondary N) is 2. The summed E-state index contributed by atoms with van der Waals surface area (Å²) >= 11 is 0. The molecular weight excluding hydrogens is 160 g/mol. The first-order valence-corrected chi connectivity index (χ1v) is 5.77. The van der Waals surface area contributed by atoms with Crippen LogP contribution in [-0.4, -0.2) is 24.7 Å². The summed E-state index contributed by atoms with van der Waals surface area (Å²) in [6.45, 7) is 4.71. The fraction of sp³-hybridized carbons (Fsp3) is 1.00. The first-order valence-electron chi connectivity index (χ1n) is 5.77. The van der Waals surface area contributed by atoms with Crippen LogP contribution in [0.3, 0.4) is 0 Å². The highest BCUT2D eigenvalue weighted by atomic mass is 15.1. The second kappa shape index (κ2) is 3.97. The minimum Gasteiger partial charge on any atom is -0.315 e. The molecule has 0 aromatic rings. The van der Waals surface area contributed by atoms with Gasteiger partial charge in [-0.2, -0.15) is 0 Å². The predicted molar refractivity (Wildman–Crippen MR) is 55.9 cm³/mol. The summed E-state index contributed by atoms with van der Waals surface area (Å²) in [6, 6.07) is 0.804. The third kappa shape index (κ3) is 2.44. The lowest BCUT2D eigenvalue weighted by atomic mass is 9.91. The molecule has 2 N–H and O–H groups in total. The summed E-state index contributed by atoms with van der Waals surface area (Å²) in [5.74, 6) is 0. The third-order valence-corrected chi connectivity index (χ3v) is 3.53. The standard InChI is InChI=1S/C11H22N2/c1-11(7-8-12-9-11)13-10-5-3-2-4-6-10/h10,12-13H,2-9H2,1H3. The van der Waals surface area contributed by atoms with Crippen molar-refractivity contribution in [2.24, 2.45) is 0 Å². The molecule has 0 amide bonds. The van der Waals surface area contributed by atoms with Gasteiger partial charge in [-0.3, -0.25) is 0 Å². The number of hydrogen-bond donors (Lipinski definition) is 2. The van der Waals surface area contributed by atoms with E-state index < -0.39 is 0 Å². The molecule has 1 saturated heterocycles. The molecule has 1 saturated carbocycles. The van der Waals surface area contributed by atoms with Crippen LogP contribution < -0.4 is 10.6 Å². The van der Waals surface area contributed by atoms with E-state index in [-0.39, 0.29) is 0 Å². The van der Waals surface area contributed by atoms with Gasteiger partial charge in [0.2, 0.25) is 0 Å². The Morgan fingerprint density at radius 2 is 2.00 bits per heavy atom. The normalized spacial score (nSPS) is 36.7. The minimum absolute atomic E-state index is 0.391. The predicted octanol–water partition coefficient (Wildman–Crippen LogP) is 1.66. The van der Waals surface area contributed by atoms with Crippen molar-refractivity contribution in [2.45, 2.75) is 57.0 Å². The van der Waals surface area contributed by atoms with Gasteiger partial charge in [0, 0.05) is 18.1 Å². The van der Waals surface area contributed by atoms with Crippen molar-refractivity contribution in [3.05, 3.63) is 0 Å². The molecule has 0 spiro atoms. The Morgan fingerprint density at radius 3 is 2.62 bits per heavy atom. The highest BCUT2D eigenvalue weighted by molar-refractivity contribution is 4.94. The Morgan fingerprint density at radius 1 is 1.23 bits per heavy atom. The first kappa shape index (κ1) is 9.47. The van der Waals surface area contributed by atoms with Crippen LogP contribution in [0.1, 0.15) is 45.4 Å². The molecule has 1 heterocycles. The fourth-order valence-corrected chi connectivity index (χ4v) is 2.68. The summed E-state index contributed by atoms with van der Waals surface area (Å²) in [5, 5.41) is 7.27. The maximum absolute atomic E-state index is 3.83. The van der Waals surface area contributed by atoms with Gasteiger partial charge in [-0.25, -0.2) is 0 Å². The first-order chi connectivity index (χ1) is 6.29. The average molecular weight is 182 g/mol. The van der Waals surface area contributed by atoms with Crippen molar-refractivity contribution < 1.29 is 0 Å². The van der Waals surface area contributed by atoms with Crippen molar-refractivity contribution in [3.63, 3.8) is 0 Å². The lowest BCUT2D eigenvalue weighted by molar-refractivity contribution is 0.279. The Kier molecular flexibility index (Phi) is 2.89. The molecular formula is C11H22N2. The van der Waals surface area contributed by atoms with Crippen molar-refractivity contribution >= 4 is 0 Å². The van der Waals surface area contributed by atoms with Crippen LogP contribution in [0.15, 0.2) is 0 Å². The molecule has 76 valence electrons. The van der Waals surface area contributed by atoms with Crippen molar-refractivity contribution in [2.75, 3.05) is 13.1 Å². The average Bonchev–Trinajstić information content (AvgIpc) is 2.54. The van der Waals surface area contributed by atoms with Gasteiger partial charge in [-0.1, -0.05) is 19.3 Å². The van der Waals surface area contributed by atoms with Crippen LogP contribution in [0, 0.1) is 0 Å². The van der Waals surface area contributed by atoms with Crippen LogP contribution in [0.2, 0.25) is 0 Å². The lowest BCUT2D eigenvalue weighted by Gasteiger charge is -2.33. The summed E-state index contributed by atoms with van der Waals surface area (Å²) in [4.78, 5) is 0. The van der Waals surface area contributed by atoms with Crippen LogP contribution in [0.4, 0.5) is 0 Å². The van der Waals surface area contributed by atoms with Crippen molar-refractivity contribution in [3.8, 4) is 0 Å². The molecule has 2 rings (SSSR count). The topological polar surface area (TPSA) is 24.1 Å². The molecule has 1 aliphatic carbocycles. The van der Waals surface area contributed by atoms with Gasteiger partial charge < -0.3 is 10.6 Å². The molecule has 0 bridgehead atoms. The minimum atomic E-state index is 0.391. The monoisotopic (exact) mass is 182 g/mol. The molecule has 1 atom stereocenters. The highest BCUT2D eigenvalue weighted by Crippen LogP contribution is 2.22. The van der Waals surface area contributed by atoms with Gasteiger partial charge in [0.05, 0.1) is 0 Å². The molecule has 2 heteroatoms. The maximum atomic E-state index is 3.83. The molecule has 0 aromatic heterocycles. The summed E-state index contributed by atoms with van der Waals surface area (Å²) < 4.78 is 0.